The van der Waals surface area contributed by atoms with E-state index in [0.717, 1.165) is 0 Å². The highest BCUT2D eigenvalue weighted by Crippen LogP contribution is 2.22. The average Bonchev–Trinajstić information content (AvgIpc) is 2.47. The molecule has 50 valence electrons. The molecule has 0 aromatic rings. The van der Waals surface area contributed by atoms with Gasteiger partial charge in [-0.15, -0.1) is 0 Å². The molecule has 1 amide bonds. The van der Waals surface area contributed by atoms with Gasteiger partial charge in [0, 0.05) is 0 Å². The van der Waals surface area contributed by atoms with Crippen molar-refractivity contribution in [3.05, 3.63) is 12.2 Å². The molecule has 3 nitrogen and oxygen atoms in total. The van der Waals surface area contributed by atoms with Crippen molar-refractivity contribution in [2.45, 2.75) is 19.1 Å². The minimum Gasteiger partial charge on any atom is -0.367 e. The first kappa shape index (κ1) is 6.29. The van der Waals surface area contributed by atoms with E-state index in [1.807, 2.05) is 19.1 Å². The Kier molecular flexibility index (Phi) is 1.53. The van der Waals surface area contributed by atoms with Gasteiger partial charge in [0.05, 0.1) is 0 Å². The van der Waals surface area contributed by atoms with Gasteiger partial charge < -0.3 is 10.5 Å². The molecule has 0 aliphatic carbocycles. The minimum absolute atomic E-state index is 0.0486. The number of ether oxygens (including phenoxy) is 1. The summed E-state index contributed by atoms with van der Waals surface area (Å²) in [6, 6.07) is 0. The topological polar surface area (TPSA) is 55.6 Å². The van der Waals surface area contributed by atoms with Crippen molar-refractivity contribution in [2.75, 3.05) is 0 Å². The lowest BCUT2D eigenvalue weighted by Crippen LogP contribution is -2.19. The van der Waals surface area contributed by atoms with Gasteiger partial charge in [-0.25, -0.2) is 0 Å². The van der Waals surface area contributed by atoms with Crippen LogP contribution >= 0.6 is 0 Å². The molecule has 1 aliphatic rings. The first-order valence-electron chi connectivity index (χ1n) is 2.83. The molecule has 0 spiro atoms. The van der Waals surface area contributed by atoms with Crippen LogP contribution in [0.4, 0.5) is 0 Å². The van der Waals surface area contributed by atoms with Gasteiger partial charge in [-0.05, 0) is 6.92 Å². The summed E-state index contributed by atoms with van der Waals surface area (Å²) in [6.07, 6.45) is 3.25. The highest BCUT2D eigenvalue weighted by Gasteiger charge is 2.41. The monoisotopic (exact) mass is 127 g/mol. The maximum absolute atomic E-state index is 10.3. The average molecular weight is 127 g/mol. The molecule has 0 radical (unpaired) electrons. The fourth-order valence-electron chi connectivity index (χ4n) is 0.689. The van der Waals surface area contributed by atoms with E-state index >= 15 is 0 Å². The summed E-state index contributed by atoms with van der Waals surface area (Å²) in [7, 11) is 0. The second kappa shape index (κ2) is 2.19. The van der Waals surface area contributed by atoms with Gasteiger partial charge >= 0.3 is 0 Å². The Hall–Kier alpha value is -0.830. The normalized spacial score (nSPS) is 33.0. The van der Waals surface area contributed by atoms with Gasteiger partial charge in [0.15, 0.2) is 6.10 Å². The van der Waals surface area contributed by atoms with Crippen LogP contribution in [0.1, 0.15) is 6.92 Å². The van der Waals surface area contributed by atoms with Gasteiger partial charge in [0.1, 0.15) is 6.10 Å². The lowest BCUT2D eigenvalue weighted by atomic mass is 10.3. The second-order valence-electron chi connectivity index (χ2n) is 1.95. The van der Waals surface area contributed by atoms with Crippen molar-refractivity contribution in [1.82, 2.24) is 0 Å². The third-order valence-electron chi connectivity index (χ3n) is 1.19. The molecule has 2 N–H and O–H groups in total. The first-order valence-corrected chi connectivity index (χ1v) is 2.83. The summed E-state index contributed by atoms with van der Waals surface area (Å²) in [4.78, 5) is 10.3. The maximum Gasteiger partial charge on any atom is 0.249 e. The van der Waals surface area contributed by atoms with Crippen LogP contribution in [0, 0.1) is 0 Å². The van der Waals surface area contributed by atoms with E-state index in [1.165, 1.54) is 0 Å². The molecule has 1 aliphatic heterocycles. The Balaban J connectivity index is 2.33. The maximum atomic E-state index is 10.3. The summed E-state index contributed by atoms with van der Waals surface area (Å²) in [5.74, 6) is -0.377. The molecule has 2 atom stereocenters. The van der Waals surface area contributed by atoms with Crippen LogP contribution in [0.2, 0.25) is 0 Å². The van der Waals surface area contributed by atoms with Crippen LogP contribution in [-0.4, -0.2) is 18.1 Å². The zero-order chi connectivity index (χ0) is 6.85. The standard InChI is InChI=1S/C6H9NO2/c1-2-3-4-5(9-4)6(7)8/h2-5H,1H3,(H2,7,8). The van der Waals surface area contributed by atoms with Crippen molar-refractivity contribution in [3.63, 3.8) is 0 Å². The van der Waals surface area contributed by atoms with Crippen molar-refractivity contribution >= 4 is 5.91 Å². The van der Waals surface area contributed by atoms with Gasteiger partial charge in [0.25, 0.3) is 0 Å². The van der Waals surface area contributed by atoms with Crippen LogP contribution in [0.15, 0.2) is 12.2 Å². The quantitative estimate of drug-likeness (QED) is 0.413. The fourth-order valence-corrected chi connectivity index (χ4v) is 0.689. The summed E-state index contributed by atoms with van der Waals surface area (Å²) >= 11 is 0. The number of allylic oxidation sites excluding steroid dienone is 1. The number of hydrogen-bond donors (Lipinski definition) is 1. The molecule has 0 saturated carbocycles. The molecule has 0 aromatic carbocycles. The van der Waals surface area contributed by atoms with E-state index < -0.39 is 0 Å². The number of carbonyl (C=O) groups excluding carboxylic acids is 1. The summed E-state index contributed by atoms with van der Waals surface area (Å²) < 4.78 is 4.86. The van der Waals surface area contributed by atoms with Gasteiger partial charge in [-0.3, -0.25) is 4.79 Å². The smallest absolute Gasteiger partial charge is 0.249 e. The van der Waals surface area contributed by atoms with Gasteiger partial charge in [-0.1, -0.05) is 12.2 Å². The van der Waals surface area contributed by atoms with Crippen molar-refractivity contribution in [1.29, 1.82) is 0 Å². The van der Waals surface area contributed by atoms with Crippen LogP contribution < -0.4 is 5.73 Å². The molecular formula is C6H9NO2. The van der Waals surface area contributed by atoms with E-state index in [9.17, 15) is 4.79 Å². The van der Waals surface area contributed by atoms with Crippen molar-refractivity contribution in [3.8, 4) is 0 Å². The number of primary amides is 1. The number of hydrogen-bond acceptors (Lipinski definition) is 2. The Morgan fingerprint density at radius 3 is 2.78 bits per heavy atom. The van der Waals surface area contributed by atoms with Crippen LogP contribution in [0.3, 0.4) is 0 Å². The van der Waals surface area contributed by atoms with E-state index in [-0.39, 0.29) is 18.1 Å². The molecule has 3 heteroatoms. The zero-order valence-corrected chi connectivity index (χ0v) is 5.20. The number of amides is 1. The highest BCUT2D eigenvalue weighted by molar-refractivity contribution is 5.82. The lowest BCUT2D eigenvalue weighted by Gasteiger charge is -1.78. The Morgan fingerprint density at radius 2 is 2.44 bits per heavy atom. The van der Waals surface area contributed by atoms with Gasteiger partial charge in [0.2, 0.25) is 5.91 Å². The summed E-state index contributed by atoms with van der Waals surface area (Å²) in [5, 5.41) is 0. The Bertz CT molecular complexity index is 153. The number of carbonyl (C=O) groups is 1. The van der Waals surface area contributed by atoms with Crippen LogP contribution in [0.5, 0.6) is 0 Å². The molecule has 0 bridgehead atoms. The van der Waals surface area contributed by atoms with Crippen molar-refractivity contribution in [2.24, 2.45) is 5.73 Å². The van der Waals surface area contributed by atoms with Gasteiger partial charge in [-0.2, -0.15) is 0 Å². The van der Waals surface area contributed by atoms with Crippen LogP contribution in [-0.2, 0) is 9.53 Å². The van der Waals surface area contributed by atoms with E-state index in [4.69, 9.17) is 10.5 Å². The minimum atomic E-state index is -0.377. The molecule has 9 heavy (non-hydrogen) atoms. The second-order valence-corrected chi connectivity index (χ2v) is 1.95. The predicted molar refractivity (Wildman–Crippen MR) is 32.7 cm³/mol. The van der Waals surface area contributed by atoms with Crippen molar-refractivity contribution < 1.29 is 9.53 Å². The Morgan fingerprint density at radius 1 is 1.78 bits per heavy atom. The number of rotatable bonds is 2. The zero-order valence-electron chi connectivity index (χ0n) is 5.20. The predicted octanol–water partition coefficient (Wildman–Crippen LogP) is -0.185. The highest BCUT2D eigenvalue weighted by atomic mass is 16.6. The fraction of sp³-hybridized carbons (Fsp3) is 0.500. The molecular weight excluding hydrogens is 118 g/mol. The largest absolute Gasteiger partial charge is 0.367 e. The van der Waals surface area contributed by atoms with E-state index in [2.05, 4.69) is 0 Å². The molecule has 1 rings (SSSR count). The molecule has 1 heterocycles. The lowest BCUT2D eigenvalue weighted by molar-refractivity contribution is -0.119. The molecule has 0 aromatic heterocycles. The molecule has 1 saturated heterocycles. The third kappa shape index (κ3) is 1.29. The van der Waals surface area contributed by atoms with Crippen LogP contribution in [0.25, 0.3) is 0 Å². The molecule has 2 unspecified atom stereocenters. The van der Waals surface area contributed by atoms with E-state index in [0.29, 0.717) is 0 Å². The number of nitrogens with two attached hydrogens (primary N) is 1. The third-order valence-corrected chi connectivity index (χ3v) is 1.19. The first-order chi connectivity index (χ1) is 4.25. The number of epoxide rings is 1. The SMILES string of the molecule is CC=CC1OC1C(N)=O. The summed E-state index contributed by atoms with van der Waals surface area (Å²) in [6.45, 7) is 1.87. The summed E-state index contributed by atoms with van der Waals surface area (Å²) in [5.41, 5.74) is 4.92. The Labute approximate surface area is 53.5 Å². The van der Waals surface area contributed by atoms with E-state index in [1.54, 1.807) is 0 Å². The molecule has 1 fully saturated rings.